The zero-order chi connectivity index (χ0) is 20.2. The van der Waals surface area contributed by atoms with Gasteiger partial charge in [0, 0.05) is 18.9 Å². The van der Waals surface area contributed by atoms with Gasteiger partial charge in [0.25, 0.3) is 17.7 Å². The molecule has 0 bridgehead atoms. The summed E-state index contributed by atoms with van der Waals surface area (Å²) in [5, 5.41) is 2.94. The molecular formula is C18H13N3O5S2. The molecule has 1 aromatic heterocycles. The van der Waals surface area contributed by atoms with E-state index in [0.717, 1.165) is 22.5 Å². The number of carbonyl (C=O) groups excluding carboxylic acids is 3. The zero-order valence-corrected chi connectivity index (χ0v) is 16.3. The molecule has 1 aliphatic heterocycles. The molecule has 28 heavy (non-hydrogen) atoms. The monoisotopic (exact) mass is 415 g/mol. The number of carbonyl (C=O) groups is 3. The van der Waals surface area contributed by atoms with E-state index < -0.39 is 27.6 Å². The molecule has 0 spiro atoms. The average molecular weight is 415 g/mol. The molecule has 0 aliphatic carbocycles. The van der Waals surface area contributed by atoms with Crippen molar-refractivity contribution in [3.8, 4) is 0 Å². The van der Waals surface area contributed by atoms with E-state index in [1.54, 1.807) is 6.07 Å². The van der Waals surface area contributed by atoms with Crippen LogP contribution in [0.25, 0.3) is 10.2 Å². The van der Waals surface area contributed by atoms with Crippen molar-refractivity contribution in [2.45, 2.75) is 4.90 Å². The van der Waals surface area contributed by atoms with E-state index in [0.29, 0.717) is 15.3 Å². The number of thiazole rings is 1. The van der Waals surface area contributed by atoms with Crippen molar-refractivity contribution in [1.82, 2.24) is 9.88 Å². The Labute approximate surface area is 163 Å². The number of nitrogens with zero attached hydrogens (tertiary/aromatic N) is 2. The summed E-state index contributed by atoms with van der Waals surface area (Å²) in [6.07, 6.45) is 1.12. The van der Waals surface area contributed by atoms with Gasteiger partial charge in [-0.05, 0) is 36.4 Å². The molecular weight excluding hydrogens is 402 g/mol. The van der Waals surface area contributed by atoms with Crippen molar-refractivity contribution in [1.29, 1.82) is 0 Å². The minimum atomic E-state index is -3.34. The van der Waals surface area contributed by atoms with E-state index in [1.807, 2.05) is 0 Å². The van der Waals surface area contributed by atoms with Gasteiger partial charge in [-0.2, -0.15) is 0 Å². The molecule has 3 aromatic rings. The van der Waals surface area contributed by atoms with Crippen LogP contribution in [0.4, 0.5) is 5.13 Å². The molecule has 0 saturated heterocycles. The van der Waals surface area contributed by atoms with Gasteiger partial charge in [-0.15, -0.1) is 0 Å². The first-order valence-electron chi connectivity index (χ1n) is 8.03. The topological polar surface area (TPSA) is 114 Å². The van der Waals surface area contributed by atoms with Crippen LogP contribution in [-0.4, -0.2) is 49.3 Å². The maximum atomic E-state index is 12.5. The summed E-state index contributed by atoms with van der Waals surface area (Å²) < 4.78 is 24.0. The van der Waals surface area contributed by atoms with Crippen LogP contribution in [0.2, 0.25) is 0 Å². The average Bonchev–Trinajstić information content (AvgIpc) is 3.14. The van der Waals surface area contributed by atoms with Gasteiger partial charge in [0.05, 0.1) is 26.2 Å². The molecule has 1 N–H and O–H groups in total. The number of anilines is 1. The molecule has 2 heterocycles. The highest BCUT2D eigenvalue weighted by molar-refractivity contribution is 7.90. The fourth-order valence-corrected chi connectivity index (χ4v) is 4.48. The molecule has 4 rings (SSSR count). The molecule has 142 valence electrons. The van der Waals surface area contributed by atoms with Crippen LogP contribution in [0.1, 0.15) is 31.1 Å². The van der Waals surface area contributed by atoms with E-state index in [2.05, 4.69) is 10.3 Å². The lowest BCUT2D eigenvalue weighted by Crippen LogP contribution is -2.24. The van der Waals surface area contributed by atoms with Crippen LogP contribution in [0.3, 0.4) is 0 Å². The van der Waals surface area contributed by atoms with E-state index in [-0.39, 0.29) is 21.6 Å². The Morgan fingerprint density at radius 1 is 1.07 bits per heavy atom. The van der Waals surface area contributed by atoms with Crippen molar-refractivity contribution in [3.63, 3.8) is 0 Å². The molecule has 1 aliphatic rings. The Kier molecular flexibility index (Phi) is 4.05. The molecule has 3 amide bonds. The lowest BCUT2D eigenvalue weighted by molar-refractivity contribution is 0.0693. The van der Waals surface area contributed by atoms with Crippen LogP contribution in [0.15, 0.2) is 41.3 Å². The summed E-state index contributed by atoms with van der Waals surface area (Å²) in [6, 6.07) is 8.84. The number of nitrogens with one attached hydrogen (secondary N) is 1. The van der Waals surface area contributed by atoms with Crippen molar-refractivity contribution in [2.75, 3.05) is 18.6 Å². The Hall–Kier alpha value is -3.11. The van der Waals surface area contributed by atoms with E-state index >= 15 is 0 Å². The Morgan fingerprint density at radius 2 is 1.79 bits per heavy atom. The maximum absolute atomic E-state index is 12.5. The Bertz CT molecular complexity index is 1290. The minimum absolute atomic E-state index is 0.174. The van der Waals surface area contributed by atoms with Crippen LogP contribution < -0.4 is 5.32 Å². The first-order chi connectivity index (χ1) is 13.1. The largest absolute Gasteiger partial charge is 0.298 e. The van der Waals surface area contributed by atoms with Gasteiger partial charge >= 0.3 is 0 Å². The summed E-state index contributed by atoms with van der Waals surface area (Å²) in [4.78, 5) is 42.0. The molecule has 0 saturated carbocycles. The molecule has 0 unspecified atom stereocenters. The number of hydrogen-bond donors (Lipinski definition) is 1. The van der Waals surface area contributed by atoms with Crippen LogP contribution in [-0.2, 0) is 9.84 Å². The van der Waals surface area contributed by atoms with Crippen LogP contribution >= 0.6 is 11.3 Å². The number of aromatic nitrogens is 1. The van der Waals surface area contributed by atoms with Gasteiger partial charge < -0.3 is 0 Å². The number of fused-ring (bicyclic) bond motifs is 2. The lowest BCUT2D eigenvalue weighted by Gasteiger charge is -2.03. The second-order valence-electron chi connectivity index (χ2n) is 6.30. The number of sulfone groups is 1. The highest BCUT2D eigenvalue weighted by atomic mass is 32.2. The van der Waals surface area contributed by atoms with Gasteiger partial charge in [0.2, 0.25) is 0 Å². The fraction of sp³-hybridized carbons (Fsp3) is 0.111. The van der Waals surface area contributed by atoms with E-state index in [1.165, 1.54) is 37.4 Å². The van der Waals surface area contributed by atoms with Gasteiger partial charge in [0.1, 0.15) is 0 Å². The minimum Gasteiger partial charge on any atom is -0.298 e. The number of imide groups is 1. The van der Waals surface area contributed by atoms with E-state index in [4.69, 9.17) is 0 Å². The number of amides is 3. The second-order valence-corrected chi connectivity index (χ2v) is 9.35. The second kappa shape index (κ2) is 6.21. The third-order valence-electron chi connectivity index (χ3n) is 4.36. The standard InChI is InChI=1S/C18H13N3O5S2/c1-21-16(23)11-5-3-9(7-12(11)17(21)24)15(22)20-18-19-13-6-4-10(28(2,25)26)8-14(13)27-18/h3-8H,1-2H3,(H,19,20,22). The zero-order valence-electron chi connectivity index (χ0n) is 14.7. The highest BCUT2D eigenvalue weighted by Crippen LogP contribution is 2.29. The normalized spacial score (nSPS) is 13.9. The Morgan fingerprint density at radius 3 is 2.50 bits per heavy atom. The Balaban J connectivity index is 1.63. The van der Waals surface area contributed by atoms with Gasteiger partial charge in [0.15, 0.2) is 15.0 Å². The summed E-state index contributed by atoms with van der Waals surface area (Å²) in [6.45, 7) is 0. The number of rotatable bonds is 3. The van der Waals surface area contributed by atoms with Crippen LogP contribution in [0.5, 0.6) is 0 Å². The molecule has 0 radical (unpaired) electrons. The summed E-state index contributed by atoms with van der Waals surface area (Å²) in [5.41, 5.74) is 1.22. The first-order valence-corrected chi connectivity index (χ1v) is 10.7. The van der Waals surface area contributed by atoms with Crippen molar-refractivity contribution in [3.05, 3.63) is 53.1 Å². The predicted molar refractivity (Wildman–Crippen MR) is 104 cm³/mol. The van der Waals surface area contributed by atoms with E-state index in [9.17, 15) is 22.8 Å². The first kappa shape index (κ1) is 18.3. The fourth-order valence-electron chi connectivity index (χ4n) is 2.86. The smallest absolute Gasteiger partial charge is 0.261 e. The third kappa shape index (κ3) is 2.96. The van der Waals surface area contributed by atoms with Gasteiger partial charge in [-0.25, -0.2) is 13.4 Å². The summed E-state index contributed by atoms with van der Waals surface area (Å²) in [5.74, 6) is -1.34. The maximum Gasteiger partial charge on any atom is 0.261 e. The predicted octanol–water partition coefficient (Wildman–Crippen LogP) is 2.18. The number of benzene rings is 2. The van der Waals surface area contributed by atoms with Crippen LogP contribution in [0, 0.1) is 0 Å². The van der Waals surface area contributed by atoms with Gasteiger partial charge in [-0.3, -0.25) is 24.6 Å². The lowest BCUT2D eigenvalue weighted by atomic mass is 10.1. The van der Waals surface area contributed by atoms with Crippen molar-refractivity contribution >= 4 is 54.2 Å². The molecule has 2 aromatic carbocycles. The molecule has 0 atom stereocenters. The quantitative estimate of drug-likeness (QED) is 0.656. The highest BCUT2D eigenvalue weighted by Gasteiger charge is 2.33. The molecule has 0 fully saturated rings. The molecule has 10 heteroatoms. The SMILES string of the molecule is CN1C(=O)c2ccc(C(=O)Nc3nc4ccc(S(C)(=O)=O)cc4s3)cc2C1=O. The van der Waals surface area contributed by atoms with Gasteiger partial charge in [-0.1, -0.05) is 11.3 Å². The number of hydrogen-bond acceptors (Lipinski definition) is 7. The molecule has 8 nitrogen and oxygen atoms in total. The van der Waals surface area contributed by atoms with Crippen molar-refractivity contribution in [2.24, 2.45) is 0 Å². The van der Waals surface area contributed by atoms with Crippen molar-refractivity contribution < 1.29 is 22.8 Å². The summed E-state index contributed by atoms with van der Waals surface area (Å²) in [7, 11) is -1.96. The summed E-state index contributed by atoms with van der Waals surface area (Å²) >= 11 is 1.14. The third-order valence-corrected chi connectivity index (χ3v) is 6.40.